The van der Waals surface area contributed by atoms with Crippen LogP contribution in [-0.2, 0) is 7.05 Å². The van der Waals surface area contributed by atoms with Crippen LogP contribution in [-0.4, -0.2) is 4.57 Å². The van der Waals surface area contributed by atoms with Crippen LogP contribution in [0.5, 0.6) is 0 Å². The number of hydrogen-bond donors (Lipinski definition) is 0. The summed E-state index contributed by atoms with van der Waals surface area (Å²) in [5, 5.41) is 0.421. The van der Waals surface area contributed by atoms with Crippen LogP contribution in [0, 0.1) is 0 Å². The molecule has 2 aromatic rings. The van der Waals surface area contributed by atoms with Gasteiger partial charge in [0.2, 0.25) is 0 Å². The molecule has 13 heavy (non-hydrogen) atoms. The molecule has 0 N–H and O–H groups in total. The van der Waals surface area contributed by atoms with E-state index in [0.29, 0.717) is 11.0 Å². The van der Waals surface area contributed by atoms with Crippen LogP contribution in [0.15, 0.2) is 38.3 Å². The van der Waals surface area contributed by atoms with Gasteiger partial charge in [-0.15, -0.1) is 0 Å². The molecule has 0 amide bonds. The van der Waals surface area contributed by atoms with Crippen molar-refractivity contribution >= 4 is 11.0 Å². The first-order valence-corrected chi connectivity index (χ1v) is 3.79. The largest absolute Gasteiger partial charge is 0.422 e. The lowest BCUT2D eigenvalue weighted by molar-refractivity contribution is 0.485. The van der Waals surface area contributed by atoms with Crippen molar-refractivity contribution in [2.75, 3.05) is 0 Å². The number of nitrogens with zero attached hydrogens (tertiary/aromatic N) is 1. The Morgan fingerprint density at radius 1 is 1.23 bits per heavy atom. The quantitative estimate of drug-likeness (QED) is 0.588. The maximum atomic E-state index is 11.5. The van der Waals surface area contributed by atoms with E-state index >= 15 is 0 Å². The Labute approximate surface area is 73.0 Å². The summed E-state index contributed by atoms with van der Waals surface area (Å²) in [5.74, 6) is -0.635. The maximum Gasteiger partial charge on any atom is 0.422 e. The minimum Gasteiger partial charge on any atom is -0.409 e. The van der Waals surface area contributed by atoms with E-state index in [1.807, 2.05) is 0 Å². The van der Waals surface area contributed by atoms with Crippen LogP contribution in [0.2, 0.25) is 0 Å². The predicted molar refractivity (Wildman–Crippen MR) is 47.7 cm³/mol. The van der Waals surface area contributed by atoms with Gasteiger partial charge in [-0.1, -0.05) is 12.1 Å². The van der Waals surface area contributed by atoms with E-state index in [4.69, 9.17) is 4.42 Å². The zero-order valence-electron chi connectivity index (χ0n) is 6.98. The Hall–Kier alpha value is -1.84. The van der Waals surface area contributed by atoms with Crippen LogP contribution in [0.1, 0.15) is 0 Å². The molecule has 0 saturated heterocycles. The summed E-state index contributed by atoms with van der Waals surface area (Å²) in [4.78, 5) is 22.5. The second-order valence-corrected chi connectivity index (χ2v) is 2.73. The van der Waals surface area contributed by atoms with E-state index in [-0.39, 0.29) is 5.56 Å². The molecule has 0 spiro atoms. The second-order valence-electron chi connectivity index (χ2n) is 2.73. The maximum absolute atomic E-state index is 11.5. The van der Waals surface area contributed by atoms with E-state index in [9.17, 15) is 9.59 Å². The first-order valence-electron chi connectivity index (χ1n) is 3.79. The molecule has 0 fully saturated rings. The Kier molecular flexibility index (Phi) is 1.55. The monoisotopic (exact) mass is 177 g/mol. The molecule has 0 unspecified atom stereocenters. The predicted octanol–water partition coefficient (Wildman–Crippen LogP) is 0.492. The summed E-state index contributed by atoms with van der Waals surface area (Å²) in [6.07, 6.45) is 0. The fraction of sp³-hybridized carbons (Fsp3) is 0.111. The molecule has 0 aliphatic rings. The van der Waals surface area contributed by atoms with E-state index < -0.39 is 5.76 Å². The van der Waals surface area contributed by atoms with Gasteiger partial charge in [-0.3, -0.25) is 4.79 Å². The molecular weight excluding hydrogens is 170 g/mol. The molecule has 0 saturated carbocycles. The normalized spacial score (nSPS) is 10.5. The van der Waals surface area contributed by atoms with Crippen molar-refractivity contribution < 1.29 is 4.42 Å². The van der Waals surface area contributed by atoms with Crippen molar-refractivity contribution in [1.82, 2.24) is 4.57 Å². The van der Waals surface area contributed by atoms with Crippen LogP contribution >= 0.6 is 0 Å². The number of fused-ring (bicyclic) bond motifs is 1. The number of aromatic nitrogens is 1. The van der Waals surface area contributed by atoms with Crippen molar-refractivity contribution in [3.8, 4) is 0 Å². The van der Waals surface area contributed by atoms with Crippen molar-refractivity contribution in [3.05, 3.63) is 45.2 Å². The summed E-state index contributed by atoms with van der Waals surface area (Å²) in [5.41, 5.74) is 0.00227. The number of hydrogen-bond acceptors (Lipinski definition) is 3. The molecule has 0 atom stereocenters. The molecule has 0 bridgehead atoms. The number of rotatable bonds is 0. The fourth-order valence-electron chi connectivity index (χ4n) is 1.16. The fourth-order valence-corrected chi connectivity index (χ4v) is 1.16. The van der Waals surface area contributed by atoms with Crippen molar-refractivity contribution in [3.63, 3.8) is 0 Å². The summed E-state index contributed by atoms with van der Waals surface area (Å²) in [7, 11) is 1.39. The highest BCUT2D eigenvalue weighted by atomic mass is 16.4. The highest BCUT2D eigenvalue weighted by Crippen LogP contribution is 2.04. The van der Waals surface area contributed by atoms with Crippen molar-refractivity contribution in [2.24, 2.45) is 7.05 Å². The number of benzene rings is 1. The van der Waals surface area contributed by atoms with Gasteiger partial charge < -0.3 is 4.42 Å². The van der Waals surface area contributed by atoms with E-state index in [1.54, 1.807) is 24.3 Å². The minimum atomic E-state index is -0.635. The first kappa shape index (κ1) is 7.79. The van der Waals surface area contributed by atoms with E-state index in [2.05, 4.69) is 0 Å². The van der Waals surface area contributed by atoms with Crippen molar-refractivity contribution in [1.29, 1.82) is 0 Å². The minimum absolute atomic E-state index is 0.327. The lowest BCUT2D eigenvalue weighted by Crippen LogP contribution is -2.29. The average Bonchev–Trinajstić information content (AvgIpc) is 2.15. The smallest absolute Gasteiger partial charge is 0.409 e. The lowest BCUT2D eigenvalue weighted by atomic mass is 10.2. The Morgan fingerprint density at radius 2 is 1.92 bits per heavy atom. The molecular formula is C9H7NO3. The molecule has 4 nitrogen and oxygen atoms in total. The zero-order valence-corrected chi connectivity index (χ0v) is 6.98. The standard InChI is InChI=1S/C9H7NO3/c1-10-8(11)6-4-2-3-5-7(6)13-9(10)12/h2-5H,1H3. The SMILES string of the molecule is Cn1c(=O)oc2ccccc2c1=O. The van der Waals surface area contributed by atoms with E-state index in [1.165, 1.54) is 7.05 Å². The molecule has 2 rings (SSSR count). The van der Waals surface area contributed by atoms with Crippen LogP contribution in [0.25, 0.3) is 11.0 Å². The molecule has 66 valence electrons. The first-order chi connectivity index (χ1) is 6.20. The van der Waals surface area contributed by atoms with Gasteiger partial charge in [-0.05, 0) is 12.1 Å². The van der Waals surface area contributed by atoms with Gasteiger partial charge in [0.25, 0.3) is 5.56 Å². The van der Waals surface area contributed by atoms with Gasteiger partial charge in [0, 0.05) is 7.05 Å². The average molecular weight is 177 g/mol. The van der Waals surface area contributed by atoms with Crippen molar-refractivity contribution in [2.45, 2.75) is 0 Å². The summed E-state index contributed by atoms with van der Waals surface area (Å²) in [6.45, 7) is 0. The molecule has 4 heteroatoms. The van der Waals surface area contributed by atoms with E-state index in [0.717, 1.165) is 4.57 Å². The van der Waals surface area contributed by atoms with Crippen LogP contribution < -0.4 is 11.3 Å². The Balaban J connectivity index is 3.12. The molecule has 1 aromatic heterocycles. The molecule has 0 radical (unpaired) electrons. The third-order valence-corrected chi connectivity index (χ3v) is 1.89. The third-order valence-electron chi connectivity index (χ3n) is 1.89. The van der Waals surface area contributed by atoms with Gasteiger partial charge in [-0.2, -0.15) is 0 Å². The topological polar surface area (TPSA) is 52.2 Å². The molecule has 1 heterocycles. The molecule has 1 aromatic carbocycles. The highest BCUT2D eigenvalue weighted by molar-refractivity contribution is 5.74. The van der Waals surface area contributed by atoms with Crippen LogP contribution in [0.3, 0.4) is 0 Å². The molecule has 0 aliphatic heterocycles. The molecule has 0 aliphatic carbocycles. The Morgan fingerprint density at radius 3 is 2.69 bits per heavy atom. The van der Waals surface area contributed by atoms with Gasteiger partial charge in [0.1, 0.15) is 5.58 Å². The highest BCUT2D eigenvalue weighted by Gasteiger charge is 2.03. The summed E-state index contributed by atoms with van der Waals surface area (Å²) < 4.78 is 5.83. The van der Waals surface area contributed by atoms with Gasteiger partial charge in [0.05, 0.1) is 5.39 Å². The van der Waals surface area contributed by atoms with Crippen LogP contribution in [0.4, 0.5) is 0 Å². The third kappa shape index (κ3) is 1.07. The summed E-state index contributed by atoms with van der Waals surface area (Å²) in [6, 6.07) is 6.66. The summed E-state index contributed by atoms with van der Waals surface area (Å²) >= 11 is 0. The van der Waals surface area contributed by atoms with Gasteiger partial charge in [-0.25, -0.2) is 9.36 Å². The second kappa shape index (κ2) is 2.58. The Bertz CT molecular complexity index is 565. The number of para-hydroxylation sites is 1. The van der Waals surface area contributed by atoms with Gasteiger partial charge >= 0.3 is 5.76 Å². The lowest BCUT2D eigenvalue weighted by Gasteiger charge is -1.97. The zero-order chi connectivity index (χ0) is 9.42. The van der Waals surface area contributed by atoms with Gasteiger partial charge in [0.15, 0.2) is 0 Å².